The molecular weight excluding hydrogens is 570 g/mol. The van der Waals surface area contributed by atoms with Gasteiger partial charge in [-0.3, -0.25) is 24.4 Å². The second-order valence-corrected chi connectivity index (χ2v) is 12.1. The largest absolute Gasteiger partial charge is 0.504 e. The molecule has 1 aliphatic heterocycles. The molecule has 0 spiro atoms. The van der Waals surface area contributed by atoms with Gasteiger partial charge < -0.3 is 9.84 Å². The maximum absolute atomic E-state index is 14.8. The minimum atomic E-state index is -1.33. The highest BCUT2D eigenvalue weighted by atomic mass is 16.5. The van der Waals surface area contributed by atoms with Crippen molar-refractivity contribution in [1.29, 1.82) is 0 Å². The van der Waals surface area contributed by atoms with Gasteiger partial charge in [-0.05, 0) is 53.7 Å². The average molecular weight is 602 g/mol. The van der Waals surface area contributed by atoms with Crippen molar-refractivity contribution < 1.29 is 34.2 Å². The zero-order valence-corrected chi connectivity index (χ0v) is 24.5. The molecule has 2 fully saturated rings. The first kappa shape index (κ1) is 28.7. The minimum Gasteiger partial charge on any atom is -0.504 e. The van der Waals surface area contributed by atoms with Crippen LogP contribution >= 0.6 is 0 Å². The summed E-state index contributed by atoms with van der Waals surface area (Å²) in [5, 5.41) is 20.7. The summed E-state index contributed by atoms with van der Waals surface area (Å²) in [5.74, 6) is -5.09. The minimum absolute atomic E-state index is 0.0150. The van der Waals surface area contributed by atoms with Crippen LogP contribution in [0.5, 0.6) is 11.5 Å². The number of hydrogen-bond donors (Lipinski definition) is 2. The third kappa shape index (κ3) is 4.24. The van der Waals surface area contributed by atoms with Crippen molar-refractivity contribution in [2.75, 3.05) is 7.11 Å². The Kier molecular flexibility index (Phi) is 6.89. The van der Waals surface area contributed by atoms with Crippen molar-refractivity contribution in [3.8, 4) is 11.5 Å². The Morgan fingerprint density at radius 3 is 2.33 bits per heavy atom. The fourth-order valence-corrected chi connectivity index (χ4v) is 8.11. The number of nitrogens with zero attached hydrogens (tertiary/aromatic N) is 1. The molecule has 6 atom stereocenters. The summed E-state index contributed by atoms with van der Waals surface area (Å²) >= 11 is 0. The molecule has 6 unspecified atom stereocenters. The van der Waals surface area contributed by atoms with Gasteiger partial charge in [0.25, 0.3) is 11.8 Å². The Bertz CT molecular complexity index is 1830. The van der Waals surface area contributed by atoms with E-state index >= 15 is 0 Å². The van der Waals surface area contributed by atoms with Crippen LogP contribution in [0.1, 0.15) is 29.5 Å². The molecule has 3 aliphatic carbocycles. The lowest BCUT2D eigenvalue weighted by atomic mass is 9.45. The molecule has 0 bridgehead atoms. The number of methoxy groups -OCH3 is 1. The van der Waals surface area contributed by atoms with Crippen molar-refractivity contribution in [2.24, 2.45) is 29.6 Å². The molecule has 226 valence electrons. The quantitative estimate of drug-likeness (QED) is 0.235. The number of Topliss-reactive ketones (excluding diaryl/α,β-unsaturated/α-hetero) is 1. The molecule has 4 aliphatic rings. The second kappa shape index (κ2) is 10.8. The highest BCUT2D eigenvalue weighted by Gasteiger charge is 2.65. The molecule has 1 saturated carbocycles. The molecule has 8 nitrogen and oxygen atoms in total. The number of rotatable bonds is 5. The molecule has 2 N–H and O–H groups in total. The van der Waals surface area contributed by atoms with E-state index in [-0.39, 0.29) is 41.0 Å². The first-order valence-corrected chi connectivity index (χ1v) is 15.0. The zero-order chi connectivity index (χ0) is 31.5. The molecule has 1 saturated heterocycles. The summed E-state index contributed by atoms with van der Waals surface area (Å²) in [5.41, 5.74) is 1.82. The van der Waals surface area contributed by atoms with Gasteiger partial charge in [0.05, 0.1) is 24.4 Å². The van der Waals surface area contributed by atoms with E-state index in [9.17, 15) is 29.5 Å². The van der Waals surface area contributed by atoms with Gasteiger partial charge >= 0.3 is 0 Å². The van der Waals surface area contributed by atoms with E-state index in [4.69, 9.17) is 4.74 Å². The molecule has 45 heavy (non-hydrogen) atoms. The number of ketones is 2. The molecule has 2 amide bonds. The van der Waals surface area contributed by atoms with Crippen LogP contribution in [0.2, 0.25) is 0 Å². The van der Waals surface area contributed by atoms with Crippen LogP contribution in [0.25, 0.3) is 11.6 Å². The summed E-state index contributed by atoms with van der Waals surface area (Å²) in [6.07, 6.45) is 7.53. The third-order valence-electron chi connectivity index (χ3n) is 10.1. The number of hydrogen-bond acceptors (Lipinski definition) is 7. The van der Waals surface area contributed by atoms with Gasteiger partial charge in [-0.1, -0.05) is 90.5 Å². The van der Waals surface area contributed by atoms with E-state index in [1.54, 1.807) is 24.3 Å². The van der Waals surface area contributed by atoms with Crippen LogP contribution in [0.3, 0.4) is 0 Å². The second-order valence-electron chi connectivity index (χ2n) is 12.1. The van der Waals surface area contributed by atoms with E-state index < -0.39 is 46.8 Å². The van der Waals surface area contributed by atoms with Gasteiger partial charge in [-0.2, -0.15) is 5.06 Å². The molecule has 0 radical (unpaired) electrons. The first-order chi connectivity index (χ1) is 21.8. The Morgan fingerprint density at radius 1 is 0.911 bits per heavy atom. The number of aromatic hydroxyl groups is 1. The Hall–Kier alpha value is -5.08. The van der Waals surface area contributed by atoms with Crippen molar-refractivity contribution in [1.82, 2.24) is 5.06 Å². The summed E-state index contributed by atoms with van der Waals surface area (Å²) in [4.78, 5) is 55.7. The van der Waals surface area contributed by atoms with Crippen molar-refractivity contribution in [3.63, 3.8) is 0 Å². The molecular formula is C37H31NO7. The monoisotopic (exact) mass is 601 g/mol. The number of phenolic OH excluding ortho intramolecular Hbond substituents is 1. The summed E-state index contributed by atoms with van der Waals surface area (Å²) < 4.78 is 5.30. The fraction of sp³-hybridized carbons (Fsp3) is 0.243. The maximum atomic E-state index is 14.8. The zero-order valence-electron chi connectivity index (χ0n) is 24.5. The number of hydroxylamine groups is 2. The van der Waals surface area contributed by atoms with E-state index in [1.165, 1.54) is 19.3 Å². The number of amides is 2. The van der Waals surface area contributed by atoms with Crippen molar-refractivity contribution >= 4 is 35.0 Å². The topological polar surface area (TPSA) is 121 Å². The number of phenols is 1. The predicted octanol–water partition coefficient (Wildman–Crippen LogP) is 5.16. The number of ether oxygens (including phenoxy) is 1. The predicted molar refractivity (Wildman–Crippen MR) is 165 cm³/mol. The van der Waals surface area contributed by atoms with Crippen molar-refractivity contribution in [2.45, 2.75) is 18.3 Å². The molecule has 0 aromatic heterocycles. The molecule has 3 aromatic rings. The smallest absolute Gasteiger partial charge is 0.257 e. The Labute approximate surface area is 259 Å². The third-order valence-corrected chi connectivity index (χ3v) is 10.1. The lowest BCUT2D eigenvalue weighted by molar-refractivity contribution is -0.173. The van der Waals surface area contributed by atoms with Crippen LogP contribution in [-0.2, 0) is 24.6 Å². The van der Waals surface area contributed by atoms with Gasteiger partial charge in [0.2, 0.25) is 0 Å². The van der Waals surface area contributed by atoms with Crippen LogP contribution in [0, 0.1) is 29.6 Å². The van der Waals surface area contributed by atoms with Gasteiger partial charge in [0, 0.05) is 17.4 Å². The van der Waals surface area contributed by atoms with Crippen LogP contribution < -0.4 is 4.74 Å². The number of fused-ring (bicyclic) bond motifs is 4. The molecule has 1 heterocycles. The number of imide groups is 1. The summed E-state index contributed by atoms with van der Waals surface area (Å²) in [7, 11) is 1.46. The fourth-order valence-electron chi connectivity index (χ4n) is 8.11. The van der Waals surface area contributed by atoms with Crippen LogP contribution in [0.4, 0.5) is 0 Å². The average Bonchev–Trinajstić information content (AvgIpc) is 3.29. The first-order valence-electron chi connectivity index (χ1n) is 15.0. The van der Waals surface area contributed by atoms with Gasteiger partial charge in [0.15, 0.2) is 23.1 Å². The molecule has 3 aromatic carbocycles. The molecule has 7 rings (SSSR count). The molecule has 8 heteroatoms. The normalized spacial score (nSPS) is 29.2. The van der Waals surface area contributed by atoms with Crippen LogP contribution in [0.15, 0.2) is 103 Å². The van der Waals surface area contributed by atoms with E-state index in [0.717, 1.165) is 5.57 Å². The Morgan fingerprint density at radius 2 is 1.62 bits per heavy atom. The van der Waals surface area contributed by atoms with Gasteiger partial charge in [-0.15, -0.1) is 0 Å². The Balaban J connectivity index is 1.47. The highest BCUT2D eigenvalue weighted by molar-refractivity contribution is 6.31. The van der Waals surface area contributed by atoms with E-state index in [1.807, 2.05) is 66.8 Å². The van der Waals surface area contributed by atoms with E-state index in [0.29, 0.717) is 22.3 Å². The SMILES string of the molecule is COc1cc(C=CC2C3=CCC4C(=O)N(O)C(=O)C4C3CC3C(=O)C(c4ccccc4)=CC(=O)C23c2ccccc2)ccc1O. The standard InChI is InChI=1S/C37H31NO7/c1-45-31-18-21(13-17-30(31)39)12-16-28-24-14-15-25-33(36(43)38(44)35(25)42)27(24)19-29-34(41)26(22-8-4-2-5-9-22)20-32(40)37(28,29)23-10-6-3-7-11-23/h2-14,16-18,20,25,27-29,33,39,44H,15,19H2,1H3. The summed E-state index contributed by atoms with van der Waals surface area (Å²) in [6, 6.07) is 23.3. The number of benzene rings is 3. The van der Waals surface area contributed by atoms with Crippen molar-refractivity contribution in [3.05, 3.63) is 119 Å². The van der Waals surface area contributed by atoms with Crippen LogP contribution in [-0.4, -0.2) is 45.9 Å². The highest BCUT2D eigenvalue weighted by Crippen LogP contribution is 2.61. The van der Waals surface area contributed by atoms with Gasteiger partial charge in [-0.25, -0.2) is 0 Å². The van der Waals surface area contributed by atoms with Gasteiger partial charge in [0.1, 0.15) is 0 Å². The number of carbonyl (C=O) groups is 4. The summed E-state index contributed by atoms with van der Waals surface area (Å²) in [6.45, 7) is 0. The number of carbonyl (C=O) groups excluding carboxylic acids is 4. The number of allylic oxidation sites excluding steroid dienone is 5. The van der Waals surface area contributed by atoms with E-state index in [2.05, 4.69) is 0 Å². The lowest BCUT2D eigenvalue weighted by Crippen LogP contribution is -2.59. The lowest BCUT2D eigenvalue weighted by Gasteiger charge is -2.54. The maximum Gasteiger partial charge on any atom is 0.257 e.